The van der Waals surface area contributed by atoms with E-state index in [-0.39, 0.29) is 5.79 Å². The molecule has 0 bridgehead atoms. The van der Waals surface area contributed by atoms with E-state index in [1.54, 1.807) is 0 Å². The number of halogens is 1. The fourth-order valence-corrected chi connectivity index (χ4v) is 3.34. The van der Waals surface area contributed by atoms with Crippen LogP contribution in [0.4, 0.5) is 0 Å². The second-order valence-electron chi connectivity index (χ2n) is 3.61. The summed E-state index contributed by atoms with van der Waals surface area (Å²) in [5.74, 6) is 0.466. The molecule has 1 atom stereocenters. The Hall–Kier alpha value is 0.650. The van der Waals surface area contributed by atoms with Crippen LogP contribution in [0.15, 0.2) is 0 Å². The third-order valence-corrected chi connectivity index (χ3v) is 3.98. The summed E-state index contributed by atoms with van der Waals surface area (Å²) in [4.78, 5) is 0. The highest BCUT2D eigenvalue weighted by Crippen LogP contribution is 2.41. The van der Waals surface area contributed by atoms with E-state index in [1.165, 1.54) is 19.3 Å². The Morgan fingerprint density at radius 3 is 2.67 bits per heavy atom. The average molecular weight is 282 g/mol. The molecule has 1 spiro atoms. The van der Waals surface area contributed by atoms with E-state index in [1.807, 2.05) is 0 Å². The second-order valence-corrected chi connectivity index (χ2v) is 4.49. The summed E-state index contributed by atoms with van der Waals surface area (Å²) in [6, 6.07) is 0. The molecule has 0 aromatic heterocycles. The Morgan fingerprint density at radius 2 is 2.00 bits per heavy atom. The Bertz CT molecular complexity index is 155. The summed E-state index contributed by atoms with van der Waals surface area (Å²) < 4.78 is 12.7. The van der Waals surface area contributed by atoms with Crippen LogP contribution >= 0.6 is 22.6 Å². The molecule has 70 valence electrons. The SMILES string of the molecule is ICC1CCCCC12OCCO2. The molecule has 2 fully saturated rings. The molecule has 1 unspecified atom stereocenters. The van der Waals surface area contributed by atoms with E-state index < -0.39 is 0 Å². The predicted molar refractivity (Wildman–Crippen MR) is 55.5 cm³/mol. The van der Waals surface area contributed by atoms with Crippen LogP contribution in [0.25, 0.3) is 0 Å². The minimum atomic E-state index is -0.167. The van der Waals surface area contributed by atoms with E-state index in [4.69, 9.17) is 9.47 Å². The van der Waals surface area contributed by atoms with Crippen molar-refractivity contribution in [2.24, 2.45) is 5.92 Å². The molecule has 0 aromatic carbocycles. The largest absolute Gasteiger partial charge is 0.347 e. The third-order valence-electron chi connectivity index (χ3n) is 2.91. The molecule has 1 aliphatic heterocycles. The van der Waals surface area contributed by atoms with Crippen LogP contribution in [0.1, 0.15) is 25.7 Å². The highest BCUT2D eigenvalue weighted by Gasteiger charge is 2.44. The van der Waals surface area contributed by atoms with Gasteiger partial charge in [-0.15, -0.1) is 0 Å². The molecule has 1 saturated carbocycles. The van der Waals surface area contributed by atoms with Gasteiger partial charge in [0.1, 0.15) is 0 Å². The maximum Gasteiger partial charge on any atom is 0.172 e. The van der Waals surface area contributed by atoms with Gasteiger partial charge < -0.3 is 9.47 Å². The second kappa shape index (κ2) is 3.80. The number of ether oxygens (including phenoxy) is 2. The van der Waals surface area contributed by atoms with Gasteiger partial charge in [-0.2, -0.15) is 0 Å². The summed E-state index contributed by atoms with van der Waals surface area (Å²) >= 11 is 2.45. The molecule has 0 amide bonds. The molecular weight excluding hydrogens is 267 g/mol. The first-order valence-electron chi connectivity index (χ1n) is 4.71. The summed E-state index contributed by atoms with van der Waals surface area (Å²) in [6.45, 7) is 1.60. The van der Waals surface area contributed by atoms with E-state index in [2.05, 4.69) is 22.6 Å². The van der Waals surface area contributed by atoms with Crippen LogP contribution in [0.3, 0.4) is 0 Å². The third kappa shape index (κ3) is 1.51. The van der Waals surface area contributed by atoms with Crippen LogP contribution in [0, 0.1) is 5.92 Å². The van der Waals surface area contributed by atoms with Crippen LogP contribution in [0.5, 0.6) is 0 Å². The van der Waals surface area contributed by atoms with Crippen LogP contribution in [0.2, 0.25) is 0 Å². The van der Waals surface area contributed by atoms with E-state index in [0.29, 0.717) is 5.92 Å². The summed E-state index contributed by atoms with van der Waals surface area (Å²) in [5, 5.41) is 0. The highest BCUT2D eigenvalue weighted by molar-refractivity contribution is 14.1. The number of hydrogen-bond acceptors (Lipinski definition) is 2. The fourth-order valence-electron chi connectivity index (χ4n) is 2.23. The van der Waals surface area contributed by atoms with Crippen molar-refractivity contribution in [2.75, 3.05) is 17.6 Å². The topological polar surface area (TPSA) is 18.5 Å². The van der Waals surface area contributed by atoms with E-state index in [9.17, 15) is 0 Å². The Morgan fingerprint density at radius 1 is 1.25 bits per heavy atom. The van der Waals surface area contributed by atoms with Crippen molar-refractivity contribution in [3.05, 3.63) is 0 Å². The number of rotatable bonds is 1. The molecule has 0 N–H and O–H groups in total. The number of alkyl halides is 1. The van der Waals surface area contributed by atoms with Crippen LogP contribution in [-0.4, -0.2) is 23.4 Å². The molecule has 1 aliphatic carbocycles. The van der Waals surface area contributed by atoms with Gasteiger partial charge in [-0.25, -0.2) is 0 Å². The lowest BCUT2D eigenvalue weighted by molar-refractivity contribution is -0.205. The monoisotopic (exact) mass is 282 g/mol. The van der Waals surface area contributed by atoms with Gasteiger partial charge in [0, 0.05) is 16.8 Å². The highest BCUT2D eigenvalue weighted by atomic mass is 127. The van der Waals surface area contributed by atoms with Gasteiger partial charge in [0.25, 0.3) is 0 Å². The first kappa shape index (κ1) is 9.21. The lowest BCUT2D eigenvalue weighted by Crippen LogP contribution is -2.42. The number of hydrogen-bond donors (Lipinski definition) is 0. The van der Waals surface area contributed by atoms with Gasteiger partial charge in [0.05, 0.1) is 13.2 Å². The van der Waals surface area contributed by atoms with Gasteiger partial charge in [0.15, 0.2) is 5.79 Å². The first-order chi connectivity index (χ1) is 5.87. The van der Waals surface area contributed by atoms with Crippen LogP contribution in [-0.2, 0) is 9.47 Å². The molecule has 2 rings (SSSR count). The molecule has 1 heterocycles. The summed E-state index contributed by atoms with van der Waals surface area (Å²) in [7, 11) is 0. The molecule has 0 aromatic rings. The van der Waals surface area contributed by atoms with E-state index in [0.717, 1.165) is 24.1 Å². The molecule has 12 heavy (non-hydrogen) atoms. The minimum Gasteiger partial charge on any atom is -0.347 e. The molecular formula is C9H15IO2. The van der Waals surface area contributed by atoms with Gasteiger partial charge >= 0.3 is 0 Å². The average Bonchev–Trinajstić information content (AvgIpc) is 2.55. The summed E-state index contributed by atoms with van der Waals surface area (Å²) in [6.07, 6.45) is 5.01. The molecule has 0 radical (unpaired) electrons. The molecule has 1 saturated heterocycles. The predicted octanol–water partition coefficient (Wildman–Crippen LogP) is 2.35. The Kier molecular flexibility index (Phi) is 2.92. The Labute approximate surface area is 87.1 Å². The van der Waals surface area contributed by atoms with Gasteiger partial charge in [0.2, 0.25) is 0 Å². The maximum absolute atomic E-state index is 5.76. The Balaban J connectivity index is 2.07. The zero-order valence-electron chi connectivity index (χ0n) is 7.22. The van der Waals surface area contributed by atoms with Crippen molar-refractivity contribution < 1.29 is 9.47 Å². The van der Waals surface area contributed by atoms with Gasteiger partial charge in [-0.1, -0.05) is 29.0 Å². The normalized spacial score (nSPS) is 34.2. The van der Waals surface area contributed by atoms with Gasteiger partial charge in [-0.05, 0) is 12.8 Å². The maximum atomic E-state index is 5.76. The lowest BCUT2D eigenvalue weighted by atomic mass is 9.84. The minimum absolute atomic E-state index is 0.167. The zero-order valence-corrected chi connectivity index (χ0v) is 9.38. The van der Waals surface area contributed by atoms with Crippen LogP contribution < -0.4 is 0 Å². The summed E-state index contributed by atoms with van der Waals surface area (Å²) in [5.41, 5.74) is 0. The lowest BCUT2D eigenvalue weighted by Gasteiger charge is -2.38. The fraction of sp³-hybridized carbons (Fsp3) is 1.00. The van der Waals surface area contributed by atoms with Crippen molar-refractivity contribution in [1.82, 2.24) is 0 Å². The van der Waals surface area contributed by atoms with Crippen molar-refractivity contribution in [2.45, 2.75) is 31.5 Å². The first-order valence-corrected chi connectivity index (χ1v) is 6.24. The zero-order chi connectivity index (χ0) is 8.44. The molecule has 2 aliphatic rings. The molecule has 3 heteroatoms. The standard InChI is InChI=1S/C9H15IO2/c10-7-8-3-1-2-4-9(8)11-5-6-12-9/h8H,1-7H2. The molecule has 2 nitrogen and oxygen atoms in total. The smallest absolute Gasteiger partial charge is 0.172 e. The van der Waals surface area contributed by atoms with Gasteiger partial charge in [-0.3, -0.25) is 0 Å². The van der Waals surface area contributed by atoms with Crippen molar-refractivity contribution >= 4 is 22.6 Å². The van der Waals surface area contributed by atoms with E-state index >= 15 is 0 Å². The van der Waals surface area contributed by atoms with Crippen molar-refractivity contribution in [3.8, 4) is 0 Å². The van der Waals surface area contributed by atoms with Crippen molar-refractivity contribution in [3.63, 3.8) is 0 Å². The quantitative estimate of drug-likeness (QED) is 0.543. The van der Waals surface area contributed by atoms with Crippen molar-refractivity contribution in [1.29, 1.82) is 0 Å².